The van der Waals surface area contributed by atoms with Crippen LogP contribution in [0.15, 0.2) is 72.9 Å². The zero-order valence-corrected chi connectivity index (χ0v) is 13.3. The van der Waals surface area contributed by atoms with Crippen molar-refractivity contribution in [3.63, 3.8) is 0 Å². The Morgan fingerprint density at radius 1 is 0.917 bits per heavy atom. The Bertz CT molecular complexity index is 1010. The van der Waals surface area contributed by atoms with E-state index in [4.69, 9.17) is 0 Å². The van der Waals surface area contributed by atoms with Crippen molar-refractivity contribution in [2.45, 2.75) is 6.42 Å². The average molecular weight is 314 g/mol. The third-order valence-electron chi connectivity index (χ3n) is 4.38. The Labute approximate surface area is 140 Å². The molecule has 0 atom stereocenters. The lowest BCUT2D eigenvalue weighted by Gasteiger charge is -2.08. The Morgan fingerprint density at radius 2 is 1.79 bits per heavy atom. The van der Waals surface area contributed by atoms with Crippen molar-refractivity contribution in [2.75, 3.05) is 6.54 Å². The van der Waals surface area contributed by atoms with E-state index in [0.717, 1.165) is 17.3 Å². The quantitative estimate of drug-likeness (QED) is 0.580. The molecule has 4 aromatic rings. The molecule has 0 aliphatic heterocycles. The van der Waals surface area contributed by atoms with Gasteiger partial charge in [-0.25, -0.2) is 0 Å². The summed E-state index contributed by atoms with van der Waals surface area (Å²) in [6, 6.07) is 22.4. The highest BCUT2D eigenvalue weighted by atomic mass is 16.1. The Morgan fingerprint density at radius 3 is 2.75 bits per heavy atom. The molecule has 2 N–H and O–H groups in total. The van der Waals surface area contributed by atoms with E-state index in [9.17, 15) is 4.79 Å². The Hall–Kier alpha value is -3.07. The molecule has 0 saturated carbocycles. The topological polar surface area (TPSA) is 44.9 Å². The molecule has 24 heavy (non-hydrogen) atoms. The number of carbonyl (C=O) groups excluding carboxylic acids is 1. The SMILES string of the molecule is O=C(NCCc1cccc2ccccc12)c1ccc2cc[nH]c2c1. The van der Waals surface area contributed by atoms with Crippen LogP contribution in [-0.4, -0.2) is 17.4 Å². The predicted molar refractivity (Wildman–Crippen MR) is 98.3 cm³/mol. The van der Waals surface area contributed by atoms with Gasteiger partial charge in [-0.3, -0.25) is 4.79 Å². The second-order valence-electron chi connectivity index (χ2n) is 5.92. The zero-order valence-electron chi connectivity index (χ0n) is 13.3. The third kappa shape index (κ3) is 2.76. The van der Waals surface area contributed by atoms with Crippen LogP contribution in [0.3, 0.4) is 0 Å². The van der Waals surface area contributed by atoms with E-state index in [2.05, 4.69) is 46.7 Å². The molecule has 1 amide bonds. The number of amides is 1. The second-order valence-corrected chi connectivity index (χ2v) is 5.92. The minimum Gasteiger partial charge on any atom is -0.361 e. The number of H-pyrrole nitrogens is 1. The van der Waals surface area contributed by atoms with Crippen LogP contribution in [0.5, 0.6) is 0 Å². The number of carbonyl (C=O) groups is 1. The summed E-state index contributed by atoms with van der Waals surface area (Å²) in [7, 11) is 0. The van der Waals surface area contributed by atoms with Gasteiger partial charge in [0.1, 0.15) is 0 Å². The van der Waals surface area contributed by atoms with E-state index in [1.54, 1.807) is 0 Å². The maximum absolute atomic E-state index is 12.3. The van der Waals surface area contributed by atoms with Gasteiger partial charge < -0.3 is 10.3 Å². The highest BCUT2D eigenvalue weighted by molar-refractivity contribution is 5.98. The second kappa shape index (κ2) is 6.20. The van der Waals surface area contributed by atoms with E-state index in [1.807, 2.05) is 36.5 Å². The standard InChI is InChI=1S/C21H18N2O/c24-21(18-9-8-17-11-12-22-20(17)14-18)23-13-10-16-6-3-5-15-4-1-2-7-19(15)16/h1-9,11-12,14,22H,10,13H2,(H,23,24). The molecule has 0 aliphatic carbocycles. The number of nitrogens with one attached hydrogen (secondary N) is 2. The average Bonchev–Trinajstić information content (AvgIpc) is 3.09. The number of aromatic nitrogens is 1. The summed E-state index contributed by atoms with van der Waals surface area (Å²) in [5.41, 5.74) is 2.92. The zero-order chi connectivity index (χ0) is 16.4. The molecular formula is C21H18N2O. The van der Waals surface area contributed by atoms with Crippen molar-refractivity contribution in [2.24, 2.45) is 0 Å². The lowest BCUT2D eigenvalue weighted by atomic mass is 10.0. The number of fused-ring (bicyclic) bond motifs is 2. The molecule has 0 unspecified atom stereocenters. The fourth-order valence-electron chi connectivity index (χ4n) is 3.11. The molecule has 3 heteroatoms. The summed E-state index contributed by atoms with van der Waals surface area (Å²) in [5, 5.41) is 6.62. The van der Waals surface area contributed by atoms with Crippen LogP contribution >= 0.6 is 0 Å². The first-order valence-corrected chi connectivity index (χ1v) is 8.13. The number of hydrogen-bond donors (Lipinski definition) is 2. The lowest BCUT2D eigenvalue weighted by molar-refractivity contribution is 0.0954. The summed E-state index contributed by atoms with van der Waals surface area (Å²) >= 11 is 0. The van der Waals surface area contributed by atoms with Crippen molar-refractivity contribution in [1.29, 1.82) is 0 Å². The van der Waals surface area contributed by atoms with Gasteiger partial charge in [-0.15, -0.1) is 0 Å². The monoisotopic (exact) mass is 314 g/mol. The van der Waals surface area contributed by atoms with Gasteiger partial charge in [-0.05, 0) is 46.3 Å². The highest BCUT2D eigenvalue weighted by Gasteiger charge is 2.07. The largest absolute Gasteiger partial charge is 0.361 e. The van der Waals surface area contributed by atoms with Gasteiger partial charge in [-0.1, -0.05) is 48.5 Å². The summed E-state index contributed by atoms with van der Waals surface area (Å²) < 4.78 is 0. The smallest absolute Gasteiger partial charge is 0.251 e. The fraction of sp³-hybridized carbons (Fsp3) is 0.0952. The minimum atomic E-state index is -0.0354. The molecule has 0 bridgehead atoms. The van der Waals surface area contributed by atoms with E-state index in [-0.39, 0.29) is 5.91 Å². The lowest BCUT2D eigenvalue weighted by Crippen LogP contribution is -2.25. The van der Waals surface area contributed by atoms with Gasteiger partial charge in [0.15, 0.2) is 0 Å². The van der Waals surface area contributed by atoms with Gasteiger partial charge in [0, 0.05) is 23.8 Å². The number of benzene rings is 3. The molecule has 0 radical (unpaired) electrons. The Balaban J connectivity index is 1.45. The van der Waals surface area contributed by atoms with Crippen molar-refractivity contribution in [3.05, 3.63) is 84.1 Å². The number of aromatic amines is 1. The summed E-state index contributed by atoms with van der Waals surface area (Å²) in [6.07, 6.45) is 2.70. The number of rotatable bonds is 4. The first-order chi connectivity index (χ1) is 11.8. The first kappa shape index (κ1) is 14.5. The van der Waals surface area contributed by atoms with Crippen LogP contribution in [0.2, 0.25) is 0 Å². The first-order valence-electron chi connectivity index (χ1n) is 8.13. The van der Waals surface area contributed by atoms with E-state index < -0.39 is 0 Å². The van der Waals surface area contributed by atoms with Crippen LogP contribution in [0.1, 0.15) is 15.9 Å². The molecule has 3 nitrogen and oxygen atoms in total. The van der Waals surface area contributed by atoms with Crippen LogP contribution in [0.4, 0.5) is 0 Å². The summed E-state index contributed by atoms with van der Waals surface area (Å²) in [5.74, 6) is -0.0354. The van der Waals surface area contributed by atoms with Crippen LogP contribution < -0.4 is 5.32 Å². The maximum Gasteiger partial charge on any atom is 0.251 e. The maximum atomic E-state index is 12.3. The molecule has 0 saturated heterocycles. The van der Waals surface area contributed by atoms with Crippen LogP contribution in [-0.2, 0) is 6.42 Å². The van der Waals surface area contributed by atoms with Crippen molar-refractivity contribution >= 4 is 27.6 Å². The molecule has 3 aromatic carbocycles. The molecule has 118 valence electrons. The van der Waals surface area contributed by atoms with Gasteiger partial charge in [0.05, 0.1) is 0 Å². The van der Waals surface area contributed by atoms with E-state index >= 15 is 0 Å². The number of hydrogen-bond acceptors (Lipinski definition) is 1. The van der Waals surface area contributed by atoms with Crippen LogP contribution in [0.25, 0.3) is 21.7 Å². The van der Waals surface area contributed by atoms with Crippen molar-refractivity contribution in [3.8, 4) is 0 Å². The fourth-order valence-corrected chi connectivity index (χ4v) is 3.11. The molecule has 4 rings (SSSR count). The predicted octanol–water partition coefficient (Wildman–Crippen LogP) is 4.29. The molecular weight excluding hydrogens is 296 g/mol. The van der Waals surface area contributed by atoms with E-state index in [0.29, 0.717) is 12.1 Å². The van der Waals surface area contributed by atoms with Crippen molar-refractivity contribution < 1.29 is 4.79 Å². The van der Waals surface area contributed by atoms with Gasteiger partial charge in [0.2, 0.25) is 0 Å². The highest BCUT2D eigenvalue weighted by Crippen LogP contribution is 2.19. The minimum absolute atomic E-state index is 0.0354. The molecule has 1 aromatic heterocycles. The van der Waals surface area contributed by atoms with Crippen LogP contribution in [0, 0.1) is 0 Å². The molecule has 0 aliphatic rings. The molecule has 0 spiro atoms. The van der Waals surface area contributed by atoms with Crippen molar-refractivity contribution in [1.82, 2.24) is 10.3 Å². The third-order valence-corrected chi connectivity index (χ3v) is 4.38. The van der Waals surface area contributed by atoms with Gasteiger partial charge in [0.25, 0.3) is 5.91 Å². The summed E-state index contributed by atoms with van der Waals surface area (Å²) in [6.45, 7) is 0.621. The summed E-state index contributed by atoms with van der Waals surface area (Å²) in [4.78, 5) is 15.5. The molecule has 1 heterocycles. The molecule has 0 fully saturated rings. The normalized spacial score (nSPS) is 11.0. The van der Waals surface area contributed by atoms with Gasteiger partial charge >= 0.3 is 0 Å². The Kier molecular flexibility index (Phi) is 3.75. The van der Waals surface area contributed by atoms with E-state index in [1.165, 1.54) is 16.3 Å². The van der Waals surface area contributed by atoms with Gasteiger partial charge in [-0.2, -0.15) is 0 Å².